The molecule has 0 radical (unpaired) electrons. The van der Waals surface area contributed by atoms with Crippen LogP contribution in [0.5, 0.6) is 5.75 Å². The molecule has 2 fully saturated rings. The summed E-state index contributed by atoms with van der Waals surface area (Å²) in [5, 5.41) is 11.1. The Hall–Kier alpha value is -1.88. The lowest BCUT2D eigenvalue weighted by Gasteiger charge is -2.26. The lowest BCUT2D eigenvalue weighted by Crippen LogP contribution is -2.33. The van der Waals surface area contributed by atoms with E-state index in [0.29, 0.717) is 18.4 Å². The van der Waals surface area contributed by atoms with Crippen molar-refractivity contribution in [3.05, 3.63) is 65.7 Å². The number of methoxy groups -OCH3 is 1. The fourth-order valence-corrected chi connectivity index (χ4v) is 4.97. The molecule has 2 aromatic carbocycles. The average Bonchev–Trinajstić information content (AvgIpc) is 3.20. The molecule has 1 N–H and O–H groups in total. The lowest BCUT2D eigenvalue weighted by molar-refractivity contribution is 0.0331. The molecule has 1 saturated carbocycles. The summed E-state index contributed by atoms with van der Waals surface area (Å²) < 4.78 is 11.0. The molecule has 4 heteroatoms. The van der Waals surface area contributed by atoms with Crippen molar-refractivity contribution in [1.29, 1.82) is 0 Å². The number of nitrogens with zero attached hydrogens (tertiary/aromatic N) is 1. The second-order valence-electron chi connectivity index (χ2n) is 8.48. The highest BCUT2D eigenvalue weighted by Crippen LogP contribution is 2.45. The first-order valence-electron chi connectivity index (χ1n) is 10.3. The summed E-state index contributed by atoms with van der Waals surface area (Å²) >= 11 is 0. The van der Waals surface area contributed by atoms with E-state index in [1.54, 1.807) is 7.11 Å². The molecule has 150 valence electrons. The van der Waals surface area contributed by atoms with E-state index in [9.17, 15) is 5.11 Å². The van der Waals surface area contributed by atoms with Gasteiger partial charge in [-0.25, -0.2) is 0 Å². The van der Waals surface area contributed by atoms with E-state index in [4.69, 9.17) is 9.47 Å². The molecule has 3 atom stereocenters. The van der Waals surface area contributed by atoms with Crippen molar-refractivity contribution in [3.63, 3.8) is 0 Å². The van der Waals surface area contributed by atoms with Crippen LogP contribution in [-0.4, -0.2) is 49.0 Å². The highest BCUT2D eigenvalue weighted by molar-refractivity contribution is 5.26. The molecule has 1 aliphatic carbocycles. The molecule has 0 unspecified atom stereocenters. The normalized spacial score (nSPS) is 27.1. The zero-order chi connectivity index (χ0) is 19.4. The van der Waals surface area contributed by atoms with Gasteiger partial charge < -0.3 is 19.5 Å². The number of hydrogen-bond donors (Lipinski definition) is 1. The van der Waals surface area contributed by atoms with Crippen LogP contribution >= 0.6 is 0 Å². The average molecular weight is 382 g/mol. The summed E-state index contributed by atoms with van der Waals surface area (Å²) in [7, 11) is 1.68. The topological polar surface area (TPSA) is 41.9 Å². The molecule has 4 nitrogen and oxygen atoms in total. The van der Waals surface area contributed by atoms with Gasteiger partial charge in [0.2, 0.25) is 0 Å². The van der Waals surface area contributed by atoms with Crippen LogP contribution < -0.4 is 4.74 Å². The third-order valence-electron chi connectivity index (χ3n) is 6.29. The lowest BCUT2D eigenvalue weighted by atomic mass is 9.91. The first kappa shape index (κ1) is 19.4. The summed E-state index contributed by atoms with van der Waals surface area (Å²) in [6.45, 7) is 4.54. The van der Waals surface area contributed by atoms with Crippen LogP contribution in [0.1, 0.15) is 24.0 Å². The van der Waals surface area contributed by atoms with E-state index >= 15 is 0 Å². The van der Waals surface area contributed by atoms with E-state index in [-0.39, 0.29) is 0 Å². The largest absolute Gasteiger partial charge is 0.497 e. The molecule has 2 aliphatic rings. The van der Waals surface area contributed by atoms with Crippen molar-refractivity contribution in [2.75, 3.05) is 33.4 Å². The summed E-state index contributed by atoms with van der Waals surface area (Å²) in [5.41, 5.74) is 1.90. The van der Waals surface area contributed by atoms with Crippen molar-refractivity contribution in [1.82, 2.24) is 4.90 Å². The molecule has 1 heterocycles. The molecule has 1 aliphatic heterocycles. The molecule has 2 aromatic rings. The predicted octanol–water partition coefficient (Wildman–Crippen LogP) is 3.53. The fraction of sp³-hybridized carbons (Fsp3) is 0.500. The first-order valence-corrected chi connectivity index (χ1v) is 10.3. The van der Waals surface area contributed by atoms with Gasteiger partial charge >= 0.3 is 0 Å². The van der Waals surface area contributed by atoms with Crippen LogP contribution in [-0.2, 0) is 17.8 Å². The van der Waals surface area contributed by atoms with Crippen molar-refractivity contribution in [2.45, 2.75) is 31.5 Å². The summed E-state index contributed by atoms with van der Waals surface area (Å²) in [5.74, 6) is 2.12. The minimum atomic E-state index is -0.520. The molecular weight excluding hydrogens is 350 g/mol. The van der Waals surface area contributed by atoms with Crippen molar-refractivity contribution in [2.24, 2.45) is 11.8 Å². The van der Waals surface area contributed by atoms with Crippen LogP contribution in [0.4, 0.5) is 0 Å². The maximum atomic E-state index is 11.1. The predicted molar refractivity (Wildman–Crippen MR) is 110 cm³/mol. The summed E-state index contributed by atoms with van der Waals surface area (Å²) in [6.07, 6.45) is 2.64. The molecule has 0 aromatic heterocycles. The standard InChI is InChI=1S/C24H31NO3/c1-27-23-9-7-20(8-10-23)18-28-12-11-25-16-21-14-24(26,15-22(21)17-25)13-19-5-3-2-4-6-19/h2-10,21-22,26H,11-18H2,1H3/t21-,22+,24-. The second kappa shape index (κ2) is 8.64. The smallest absolute Gasteiger partial charge is 0.118 e. The number of benzene rings is 2. The van der Waals surface area contributed by atoms with Crippen LogP contribution in [0.25, 0.3) is 0 Å². The third-order valence-corrected chi connectivity index (χ3v) is 6.29. The Morgan fingerprint density at radius 2 is 1.64 bits per heavy atom. The molecular formula is C24H31NO3. The summed E-state index contributed by atoms with van der Waals surface area (Å²) in [4.78, 5) is 2.51. The quantitative estimate of drug-likeness (QED) is 0.711. The van der Waals surface area contributed by atoms with Crippen molar-refractivity contribution < 1.29 is 14.6 Å². The molecule has 0 amide bonds. The van der Waals surface area contributed by atoms with E-state index in [1.807, 2.05) is 30.3 Å². The zero-order valence-electron chi connectivity index (χ0n) is 16.7. The van der Waals surface area contributed by atoms with E-state index in [1.165, 1.54) is 11.1 Å². The van der Waals surface area contributed by atoms with Gasteiger partial charge in [-0.2, -0.15) is 0 Å². The summed E-state index contributed by atoms with van der Waals surface area (Å²) in [6, 6.07) is 18.4. The van der Waals surface area contributed by atoms with Gasteiger partial charge in [0, 0.05) is 26.1 Å². The maximum Gasteiger partial charge on any atom is 0.118 e. The van der Waals surface area contributed by atoms with Crippen LogP contribution in [0, 0.1) is 11.8 Å². The molecule has 1 saturated heterocycles. The Kier molecular flexibility index (Phi) is 6.00. The number of fused-ring (bicyclic) bond motifs is 1. The van der Waals surface area contributed by atoms with E-state index < -0.39 is 5.60 Å². The van der Waals surface area contributed by atoms with Gasteiger partial charge in [0.25, 0.3) is 0 Å². The van der Waals surface area contributed by atoms with Gasteiger partial charge in [0.1, 0.15) is 5.75 Å². The Bertz CT molecular complexity index is 732. The number of likely N-dealkylation sites (tertiary alicyclic amines) is 1. The first-order chi connectivity index (χ1) is 13.6. The Morgan fingerprint density at radius 1 is 0.964 bits per heavy atom. The van der Waals surface area contributed by atoms with Gasteiger partial charge in [-0.3, -0.25) is 0 Å². The van der Waals surface area contributed by atoms with Crippen LogP contribution in [0.2, 0.25) is 0 Å². The molecule has 0 bridgehead atoms. The third kappa shape index (κ3) is 4.75. The maximum absolute atomic E-state index is 11.1. The van der Waals surface area contributed by atoms with Crippen LogP contribution in [0.3, 0.4) is 0 Å². The number of hydrogen-bond acceptors (Lipinski definition) is 4. The SMILES string of the molecule is COc1ccc(COCCN2C[C@@H]3C[C@@](O)(Cc4ccccc4)C[C@@H]3C2)cc1. The Labute approximate surface area is 168 Å². The minimum Gasteiger partial charge on any atom is -0.497 e. The highest BCUT2D eigenvalue weighted by atomic mass is 16.5. The fourth-order valence-electron chi connectivity index (χ4n) is 4.97. The van der Waals surface area contributed by atoms with E-state index in [0.717, 1.165) is 51.3 Å². The number of aliphatic hydroxyl groups is 1. The van der Waals surface area contributed by atoms with Gasteiger partial charge in [-0.1, -0.05) is 42.5 Å². The molecule has 4 rings (SSSR count). The minimum absolute atomic E-state index is 0.520. The van der Waals surface area contributed by atoms with Gasteiger partial charge in [0.15, 0.2) is 0 Å². The Balaban J connectivity index is 1.18. The van der Waals surface area contributed by atoms with Crippen LogP contribution in [0.15, 0.2) is 54.6 Å². The number of ether oxygens (including phenoxy) is 2. The zero-order valence-corrected chi connectivity index (χ0v) is 16.7. The molecule has 28 heavy (non-hydrogen) atoms. The van der Waals surface area contributed by atoms with Gasteiger partial charge in [-0.05, 0) is 47.9 Å². The van der Waals surface area contributed by atoms with E-state index in [2.05, 4.69) is 29.2 Å². The van der Waals surface area contributed by atoms with Gasteiger partial charge in [0.05, 0.1) is 25.9 Å². The Morgan fingerprint density at radius 3 is 2.29 bits per heavy atom. The second-order valence-corrected chi connectivity index (χ2v) is 8.48. The van der Waals surface area contributed by atoms with Crippen molar-refractivity contribution >= 4 is 0 Å². The monoisotopic (exact) mass is 381 g/mol. The van der Waals surface area contributed by atoms with Crippen molar-refractivity contribution in [3.8, 4) is 5.75 Å². The molecule has 0 spiro atoms. The highest BCUT2D eigenvalue weighted by Gasteiger charge is 2.47. The van der Waals surface area contributed by atoms with Gasteiger partial charge in [-0.15, -0.1) is 0 Å². The number of rotatable bonds is 8.